The van der Waals surface area contributed by atoms with Gasteiger partial charge in [-0.25, -0.2) is 4.98 Å². The Morgan fingerprint density at radius 2 is 1.93 bits per heavy atom. The molecule has 0 fully saturated rings. The van der Waals surface area contributed by atoms with Gasteiger partial charge in [0.15, 0.2) is 23.0 Å². The molecule has 1 amide bonds. The lowest BCUT2D eigenvalue weighted by atomic mass is 10.2. The first-order chi connectivity index (χ1) is 13.7. The van der Waals surface area contributed by atoms with Crippen molar-refractivity contribution in [1.82, 2.24) is 4.98 Å². The number of amides is 1. The molecule has 1 aliphatic heterocycles. The van der Waals surface area contributed by atoms with Crippen molar-refractivity contribution >= 4 is 22.9 Å². The average Bonchev–Trinajstić information content (AvgIpc) is 3.36. The molecule has 3 aromatic rings. The van der Waals surface area contributed by atoms with Gasteiger partial charge in [0.2, 0.25) is 12.7 Å². The predicted octanol–water partition coefficient (Wildman–Crippen LogP) is 3.74. The highest BCUT2D eigenvalue weighted by molar-refractivity contribution is 7.13. The first-order valence-corrected chi connectivity index (χ1v) is 9.40. The zero-order chi connectivity index (χ0) is 19.5. The molecule has 0 saturated carbocycles. The summed E-state index contributed by atoms with van der Waals surface area (Å²) in [6.07, 6.45) is 0.179. The van der Waals surface area contributed by atoms with Crippen LogP contribution in [0.15, 0.2) is 41.8 Å². The number of ether oxygens (including phenoxy) is 4. The third-order valence-corrected chi connectivity index (χ3v) is 5.12. The molecule has 8 heteroatoms. The minimum atomic E-state index is -0.150. The number of carbonyl (C=O) groups excluding carboxylic acids is 1. The summed E-state index contributed by atoms with van der Waals surface area (Å²) in [4.78, 5) is 16.9. The maximum atomic E-state index is 12.4. The van der Waals surface area contributed by atoms with Crippen LogP contribution in [-0.2, 0) is 11.2 Å². The summed E-state index contributed by atoms with van der Waals surface area (Å²) in [5.41, 5.74) is 2.27. The summed E-state index contributed by atoms with van der Waals surface area (Å²) in [5.74, 6) is 2.45. The lowest BCUT2D eigenvalue weighted by Crippen LogP contribution is -2.14. The van der Waals surface area contributed by atoms with Crippen LogP contribution in [0.5, 0.6) is 23.0 Å². The van der Waals surface area contributed by atoms with Crippen molar-refractivity contribution in [2.45, 2.75) is 6.42 Å². The van der Waals surface area contributed by atoms with Crippen LogP contribution in [0.3, 0.4) is 0 Å². The molecule has 2 heterocycles. The normalized spacial score (nSPS) is 11.9. The van der Waals surface area contributed by atoms with E-state index in [1.165, 1.54) is 11.3 Å². The Labute approximate surface area is 165 Å². The van der Waals surface area contributed by atoms with E-state index >= 15 is 0 Å². The minimum absolute atomic E-state index is 0.150. The molecule has 0 atom stereocenters. The Morgan fingerprint density at radius 1 is 1.11 bits per heavy atom. The first-order valence-electron chi connectivity index (χ1n) is 8.52. The molecule has 0 bridgehead atoms. The van der Waals surface area contributed by atoms with E-state index in [0.29, 0.717) is 34.4 Å². The van der Waals surface area contributed by atoms with Gasteiger partial charge in [0.1, 0.15) is 5.01 Å². The Balaban J connectivity index is 1.44. The second kappa shape index (κ2) is 7.77. The monoisotopic (exact) mass is 398 g/mol. The molecule has 0 radical (unpaired) electrons. The largest absolute Gasteiger partial charge is 0.493 e. The van der Waals surface area contributed by atoms with E-state index in [9.17, 15) is 4.79 Å². The molecule has 0 unspecified atom stereocenters. The molecule has 0 aliphatic carbocycles. The SMILES string of the molecule is COc1ccc(-c2nc(CC(=O)Nc3ccc4c(c3)OCO4)cs2)cc1OC. The van der Waals surface area contributed by atoms with Gasteiger partial charge in [0.05, 0.1) is 26.3 Å². The van der Waals surface area contributed by atoms with Gasteiger partial charge in [-0.2, -0.15) is 0 Å². The number of hydrogen-bond acceptors (Lipinski definition) is 7. The molecule has 7 nitrogen and oxygen atoms in total. The summed E-state index contributed by atoms with van der Waals surface area (Å²) < 4.78 is 21.2. The van der Waals surface area contributed by atoms with Crippen LogP contribution in [0.2, 0.25) is 0 Å². The van der Waals surface area contributed by atoms with Gasteiger partial charge in [-0.05, 0) is 30.3 Å². The van der Waals surface area contributed by atoms with Gasteiger partial charge >= 0.3 is 0 Å². The second-order valence-electron chi connectivity index (χ2n) is 6.01. The highest BCUT2D eigenvalue weighted by Crippen LogP contribution is 2.35. The van der Waals surface area contributed by atoms with E-state index in [0.717, 1.165) is 10.6 Å². The van der Waals surface area contributed by atoms with E-state index in [2.05, 4.69) is 10.3 Å². The number of benzene rings is 2. The molecule has 1 aromatic heterocycles. The maximum absolute atomic E-state index is 12.4. The Hall–Kier alpha value is -3.26. The Bertz CT molecular complexity index is 1020. The number of methoxy groups -OCH3 is 2. The maximum Gasteiger partial charge on any atom is 0.231 e. The van der Waals surface area contributed by atoms with Crippen LogP contribution in [0, 0.1) is 0 Å². The van der Waals surface area contributed by atoms with Crippen molar-refractivity contribution in [3.05, 3.63) is 47.5 Å². The number of nitrogens with zero attached hydrogens (tertiary/aromatic N) is 1. The van der Waals surface area contributed by atoms with Gasteiger partial charge in [-0.3, -0.25) is 4.79 Å². The average molecular weight is 398 g/mol. The second-order valence-corrected chi connectivity index (χ2v) is 6.86. The van der Waals surface area contributed by atoms with Crippen LogP contribution >= 0.6 is 11.3 Å². The van der Waals surface area contributed by atoms with Gasteiger partial charge in [0, 0.05) is 22.7 Å². The molecule has 28 heavy (non-hydrogen) atoms. The third-order valence-electron chi connectivity index (χ3n) is 4.18. The number of fused-ring (bicyclic) bond motifs is 1. The number of anilines is 1. The molecule has 144 valence electrons. The number of hydrogen-bond donors (Lipinski definition) is 1. The van der Waals surface area contributed by atoms with Gasteiger partial charge in [-0.1, -0.05) is 0 Å². The lowest BCUT2D eigenvalue weighted by Gasteiger charge is -2.08. The summed E-state index contributed by atoms with van der Waals surface area (Å²) in [6.45, 7) is 0.199. The third kappa shape index (κ3) is 3.72. The Kier molecular flexibility index (Phi) is 5.03. The van der Waals surface area contributed by atoms with Crippen molar-refractivity contribution in [1.29, 1.82) is 0 Å². The predicted molar refractivity (Wildman–Crippen MR) is 106 cm³/mol. The van der Waals surface area contributed by atoms with Gasteiger partial charge in [0.25, 0.3) is 0 Å². The summed E-state index contributed by atoms with van der Waals surface area (Å²) >= 11 is 1.48. The zero-order valence-corrected chi connectivity index (χ0v) is 16.2. The molecule has 0 spiro atoms. The fourth-order valence-corrected chi connectivity index (χ4v) is 3.65. The van der Waals surface area contributed by atoms with E-state index in [4.69, 9.17) is 18.9 Å². The van der Waals surface area contributed by atoms with Crippen LogP contribution in [-0.4, -0.2) is 31.9 Å². The van der Waals surface area contributed by atoms with Crippen molar-refractivity contribution in [2.75, 3.05) is 26.3 Å². The van der Waals surface area contributed by atoms with E-state index < -0.39 is 0 Å². The number of nitrogens with one attached hydrogen (secondary N) is 1. The molecular formula is C20H18N2O5S. The van der Waals surface area contributed by atoms with Gasteiger partial charge in [-0.15, -0.1) is 11.3 Å². The lowest BCUT2D eigenvalue weighted by molar-refractivity contribution is -0.115. The van der Waals surface area contributed by atoms with E-state index in [-0.39, 0.29) is 19.1 Å². The van der Waals surface area contributed by atoms with E-state index in [1.807, 2.05) is 23.6 Å². The number of thiazole rings is 1. The Morgan fingerprint density at radius 3 is 2.75 bits per heavy atom. The summed E-state index contributed by atoms with van der Waals surface area (Å²) in [6, 6.07) is 10.9. The quantitative estimate of drug-likeness (QED) is 0.682. The fraction of sp³-hybridized carbons (Fsp3) is 0.200. The fourth-order valence-electron chi connectivity index (χ4n) is 2.83. The smallest absolute Gasteiger partial charge is 0.231 e. The van der Waals surface area contributed by atoms with Crippen molar-refractivity contribution < 1.29 is 23.7 Å². The molecule has 1 N–H and O–H groups in total. The van der Waals surface area contributed by atoms with Crippen molar-refractivity contribution in [2.24, 2.45) is 0 Å². The zero-order valence-electron chi connectivity index (χ0n) is 15.4. The highest BCUT2D eigenvalue weighted by Gasteiger charge is 2.15. The molecular weight excluding hydrogens is 380 g/mol. The molecule has 0 saturated heterocycles. The molecule has 1 aliphatic rings. The first kappa shape index (κ1) is 18.1. The van der Waals surface area contributed by atoms with Crippen LogP contribution in [0.25, 0.3) is 10.6 Å². The van der Waals surface area contributed by atoms with Crippen molar-refractivity contribution in [3.63, 3.8) is 0 Å². The number of aromatic nitrogens is 1. The molecule has 4 rings (SSSR count). The number of rotatable bonds is 6. The van der Waals surface area contributed by atoms with Crippen LogP contribution < -0.4 is 24.3 Å². The number of carbonyl (C=O) groups is 1. The minimum Gasteiger partial charge on any atom is -0.493 e. The topological polar surface area (TPSA) is 78.9 Å². The van der Waals surface area contributed by atoms with Crippen LogP contribution in [0.4, 0.5) is 5.69 Å². The molecule has 2 aromatic carbocycles. The summed E-state index contributed by atoms with van der Waals surface area (Å²) in [7, 11) is 3.19. The van der Waals surface area contributed by atoms with Gasteiger partial charge < -0.3 is 24.3 Å². The highest BCUT2D eigenvalue weighted by atomic mass is 32.1. The summed E-state index contributed by atoms with van der Waals surface area (Å²) in [5, 5.41) is 5.55. The van der Waals surface area contributed by atoms with Crippen molar-refractivity contribution in [3.8, 4) is 33.6 Å². The standard InChI is InChI=1S/C20H18N2O5S/c1-24-15-5-3-12(7-17(15)25-2)20-22-14(10-28-20)9-19(23)21-13-4-6-16-18(8-13)27-11-26-16/h3-8,10H,9,11H2,1-2H3,(H,21,23). The van der Waals surface area contributed by atoms with Crippen LogP contribution in [0.1, 0.15) is 5.69 Å². The van der Waals surface area contributed by atoms with E-state index in [1.54, 1.807) is 32.4 Å².